The van der Waals surface area contributed by atoms with Crippen LogP contribution in [0, 0.1) is 0 Å². The lowest BCUT2D eigenvalue weighted by atomic mass is 9.92. The molecule has 4 rings (SSSR count). The Morgan fingerprint density at radius 2 is 1.97 bits per heavy atom. The first-order valence-electron chi connectivity index (χ1n) is 12.0. The maximum absolute atomic E-state index is 13.5. The molecular weight excluding hydrogens is 475 g/mol. The van der Waals surface area contributed by atoms with E-state index in [4.69, 9.17) is 14.2 Å². The Balaban J connectivity index is 1.74. The average molecular weight is 508 g/mol. The molecule has 3 heterocycles. The van der Waals surface area contributed by atoms with Crippen molar-refractivity contribution in [1.29, 1.82) is 0 Å². The van der Waals surface area contributed by atoms with E-state index >= 15 is 0 Å². The largest absolute Gasteiger partial charge is 0.490 e. The van der Waals surface area contributed by atoms with Crippen LogP contribution in [0.3, 0.4) is 0 Å². The van der Waals surface area contributed by atoms with Gasteiger partial charge in [-0.1, -0.05) is 32.9 Å². The summed E-state index contributed by atoms with van der Waals surface area (Å²) in [6.45, 7) is 7.81. The minimum atomic E-state index is -4.61. The summed E-state index contributed by atoms with van der Waals surface area (Å²) in [4.78, 5) is 17.6. The first kappa shape index (κ1) is 26.2. The van der Waals surface area contributed by atoms with Gasteiger partial charge < -0.3 is 14.2 Å². The summed E-state index contributed by atoms with van der Waals surface area (Å²) in [5, 5.41) is 0. The number of alkyl halides is 3. The van der Waals surface area contributed by atoms with Crippen molar-refractivity contribution in [3.05, 3.63) is 58.7 Å². The minimum absolute atomic E-state index is 0.0209. The molecule has 10 heteroatoms. The Morgan fingerprint density at radius 1 is 1.19 bits per heavy atom. The number of hydrogen-bond donors (Lipinski definition) is 0. The zero-order valence-electron chi connectivity index (χ0n) is 21.0. The Kier molecular flexibility index (Phi) is 7.47. The van der Waals surface area contributed by atoms with Gasteiger partial charge in [0.2, 0.25) is 0 Å². The average Bonchev–Trinajstić information content (AvgIpc) is 3.55. The highest BCUT2D eigenvalue weighted by Crippen LogP contribution is 2.33. The highest BCUT2D eigenvalue weighted by molar-refractivity contribution is 5.97. The number of rotatable bonds is 6. The highest BCUT2D eigenvalue weighted by atomic mass is 19.4. The van der Waals surface area contributed by atoms with Gasteiger partial charge in [0.15, 0.2) is 5.49 Å². The second-order valence-electron chi connectivity index (χ2n) is 10.1. The number of amides is 1. The third-order valence-corrected chi connectivity index (χ3v) is 6.32. The van der Waals surface area contributed by atoms with Crippen LogP contribution >= 0.6 is 0 Å². The van der Waals surface area contributed by atoms with E-state index in [1.165, 1.54) is 0 Å². The zero-order valence-corrected chi connectivity index (χ0v) is 21.0. The standard InChI is InChI=1S/C26H32F3N3O4/c1-25(2,3)22-14-23(32(31(22)4)15-18-7-5-11-34-18)30-24(33)20-13-17(26(27,28)29)9-10-21(20)36-16-19-8-6-12-35-19/h6,8-10,13-14,18-19H,5,7,11-12,15-16H2,1-4H3/b30-23+/t18-,19+/m1/s1. The number of carbonyl (C=O) groups is 1. The molecule has 2 aliphatic rings. The molecular formula is C26H32F3N3O4. The summed E-state index contributed by atoms with van der Waals surface area (Å²) >= 11 is 0. The minimum Gasteiger partial charge on any atom is -0.490 e. The smallest absolute Gasteiger partial charge is 0.416 e. The van der Waals surface area contributed by atoms with Crippen molar-refractivity contribution in [2.45, 2.75) is 64.0 Å². The molecule has 7 nitrogen and oxygen atoms in total. The van der Waals surface area contributed by atoms with Crippen molar-refractivity contribution in [3.8, 4) is 5.75 Å². The lowest BCUT2D eigenvalue weighted by molar-refractivity contribution is -0.137. The molecule has 2 aliphatic heterocycles. The van der Waals surface area contributed by atoms with Gasteiger partial charge in [-0.2, -0.15) is 18.2 Å². The van der Waals surface area contributed by atoms with E-state index in [0.717, 1.165) is 36.7 Å². The van der Waals surface area contributed by atoms with Crippen LogP contribution in [-0.2, 0) is 34.7 Å². The summed E-state index contributed by atoms with van der Waals surface area (Å²) in [6.07, 6.45) is 0.518. The van der Waals surface area contributed by atoms with Gasteiger partial charge in [-0.15, -0.1) is 0 Å². The SMILES string of the molecule is Cn1c(C(C)(C)C)c/c(=N\C(=O)c2cc(C(F)(F)F)ccc2OC[C@@H]2C=CCO2)n1C[C@H]1CCCO1. The number of halogens is 3. The van der Waals surface area contributed by atoms with Crippen molar-refractivity contribution in [3.63, 3.8) is 0 Å². The number of ether oxygens (including phenoxy) is 3. The molecule has 0 spiro atoms. The predicted octanol–water partition coefficient (Wildman–Crippen LogP) is 4.40. The number of carbonyl (C=O) groups excluding carboxylic acids is 1. The van der Waals surface area contributed by atoms with Crippen LogP contribution in [0.25, 0.3) is 0 Å². The van der Waals surface area contributed by atoms with E-state index in [0.29, 0.717) is 25.2 Å². The maximum atomic E-state index is 13.5. The molecule has 2 atom stereocenters. The van der Waals surface area contributed by atoms with Gasteiger partial charge in [0.1, 0.15) is 18.5 Å². The summed E-state index contributed by atoms with van der Waals surface area (Å²) in [7, 11) is 1.88. The summed E-state index contributed by atoms with van der Waals surface area (Å²) < 4.78 is 61.1. The normalized spacial score (nSPS) is 20.9. The Hall–Kier alpha value is -2.85. The van der Waals surface area contributed by atoms with E-state index < -0.39 is 17.6 Å². The fraction of sp³-hybridized carbons (Fsp3) is 0.538. The summed E-state index contributed by atoms with van der Waals surface area (Å²) in [5.41, 5.74) is -0.160. The van der Waals surface area contributed by atoms with Crippen LogP contribution in [0.5, 0.6) is 5.75 Å². The molecule has 196 valence electrons. The third kappa shape index (κ3) is 5.92. The van der Waals surface area contributed by atoms with E-state index in [9.17, 15) is 18.0 Å². The van der Waals surface area contributed by atoms with Gasteiger partial charge >= 0.3 is 6.18 Å². The monoisotopic (exact) mass is 507 g/mol. The molecule has 2 aromatic rings. The highest BCUT2D eigenvalue weighted by Gasteiger charge is 2.32. The van der Waals surface area contributed by atoms with Gasteiger partial charge in [-0.3, -0.25) is 14.2 Å². The van der Waals surface area contributed by atoms with E-state index in [-0.39, 0.29) is 35.5 Å². The van der Waals surface area contributed by atoms with Crippen LogP contribution in [0.1, 0.15) is 55.2 Å². The third-order valence-electron chi connectivity index (χ3n) is 6.32. The van der Waals surface area contributed by atoms with Crippen LogP contribution in [0.4, 0.5) is 13.2 Å². The molecule has 0 N–H and O–H groups in total. The maximum Gasteiger partial charge on any atom is 0.416 e. The van der Waals surface area contributed by atoms with Gasteiger partial charge in [0, 0.05) is 30.8 Å². The topological polar surface area (TPSA) is 67.0 Å². The van der Waals surface area contributed by atoms with Crippen molar-refractivity contribution in [2.24, 2.45) is 12.0 Å². The molecule has 1 fully saturated rings. The lowest BCUT2D eigenvalue weighted by Crippen LogP contribution is -2.30. The lowest BCUT2D eigenvalue weighted by Gasteiger charge is -2.21. The van der Waals surface area contributed by atoms with Crippen LogP contribution < -0.4 is 10.2 Å². The van der Waals surface area contributed by atoms with E-state index in [1.807, 2.05) is 49.3 Å². The van der Waals surface area contributed by atoms with Crippen LogP contribution in [0.15, 0.2) is 41.4 Å². The van der Waals surface area contributed by atoms with E-state index in [1.54, 1.807) is 6.07 Å². The molecule has 0 unspecified atom stereocenters. The van der Waals surface area contributed by atoms with Crippen LogP contribution in [-0.4, -0.2) is 47.3 Å². The molecule has 0 saturated carbocycles. The number of benzene rings is 1. The quantitative estimate of drug-likeness (QED) is 0.544. The van der Waals surface area contributed by atoms with Crippen molar-refractivity contribution in [2.75, 3.05) is 19.8 Å². The van der Waals surface area contributed by atoms with Crippen molar-refractivity contribution in [1.82, 2.24) is 9.36 Å². The Morgan fingerprint density at radius 3 is 2.58 bits per heavy atom. The van der Waals surface area contributed by atoms with Crippen LogP contribution in [0.2, 0.25) is 0 Å². The van der Waals surface area contributed by atoms with Crippen molar-refractivity contribution < 1.29 is 32.2 Å². The number of hydrogen-bond acceptors (Lipinski definition) is 4. The molecule has 0 bridgehead atoms. The molecule has 1 saturated heterocycles. The number of aromatic nitrogens is 2. The van der Waals surface area contributed by atoms with Gasteiger partial charge in [-0.05, 0) is 31.0 Å². The fourth-order valence-corrected chi connectivity index (χ4v) is 4.44. The molecule has 0 aliphatic carbocycles. The Labute approximate surface area is 208 Å². The molecule has 1 aromatic carbocycles. The Bertz CT molecular complexity index is 1200. The predicted molar refractivity (Wildman–Crippen MR) is 127 cm³/mol. The second kappa shape index (κ2) is 10.3. The summed E-state index contributed by atoms with van der Waals surface area (Å²) in [5.74, 6) is -0.788. The summed E-state index contributed by atoms with van der Waals surface area (Å²) in [6, 6.07) is 4.66. The van der Waals surface area contributed by atoms with Crippen molar-refractivity contribution >= 4 is 5.91 Å². The molecule has 1 aromatic heterocycles. The van der Waals surface area contributed by atoms with Gasteiger partial charge in [0.05, 0.1) is 30.4 Å². The first-order valence-corrected chi connectivity index (χ1v) is 12.0. The molecule has 36 heavy (non-hydrogen) atoms. The van der Waals surface area contributed by atoms with Gasteiger partial charge in [-0.25, -0.2) is 0 Å². The second-order valence-corrected chi connectivity index (χ2v) is 10.1. The molecule has 1 amide bonds. The first-order chi connectivity index (χ1) is 16.9. The fourth-order valence-electron chi connectivity index (χ4n) is 4.44. The van der Waals surface area contributed by atoms with Gasteiger partial charge in [0.25, 0.3) is 5.91 Å². The zero-order chi connectivity index (χ0) is 26.1. The molecule has 0 radical (unpaired) electrons. The number of nitrogens with zero attached hydrogens (tertiary/aromatic N) is 3. The van der Waals surface area contributed by atoms with E-state index in [2.05, 4.69) is 4.99 Å².